The summed E-state index contributed by atoms with van der Waals surface area (Å²) >= 11 is 0. The first-order chi connectivity index (χ1) is 9.29. The van der Waals surface area contributed by atoms with Crippen LogP contribution in [0.2, 0.25) is 0 Å². The lowest BCUT2D eigenvalue weighted by Gasteiger charge is -2.06. The Labute approximate surface area is 111 Å². The molecule has 0 aliphatic rings. The van der Waals surface area contributed by atoms with Crippen LogP contribution in [0.1, 0.15) is 12.7 Å². The Morgan fingerprint density at radius 1 is 1.26 bits per heavy atom. The summed E-state index contributed by atoms with van der Waals surface area (Å²) in [6.07, 6.45) is 1.74. The molecule has 0 fully saturated rings. The van der Waals surface area contributed by atoms with Gasteiger partial charge in [-0.15, -0.1) is 10.2 Å². The van der Waals surface area contributed by atoms with Crippen LogP contribution in [-0.2, 0) is 20.1 Å². The molecule has 2 aromatic heterocycles. The maximum absolute atomic E-state index is 4.56. The van der Waals surface area contributed by atoms with Crippen molar-refractivity contribution >= 4 is 17.0 Å². The molecule has 0 spiro atoms. The van der Waals surface area contributed by atoms with Gasteiger partial charge in [-0.3, -0.25) is 0 Å². The Balaban J connectivity index is 1.84. The number of anilines is 1. The molecule has 1 aromatic carbocycles. The van der Waals surface area contributed by atoms with E-state index < -0.39 is 0 Å². The smallest absolute Gasteiger partial charge is 0.203 e. The molecule has 1 N–H and O–H groups in total. The largest absolute Gasteiger partial charge is 0.348 e. The quantitative estimate of drug-likeness (QED) is 0.773. The number of aryl methyl sites for hydroxylation is 2. The SMILES string of the molecule is CCn1cnnc1CNc1nc2ccccc2n1C. The van der Waals surface area contributed by atoms with Crippen LogP contribution in [0.5, 0.6) is 0 Å². The molecule has 2 heterocycles. The van der Waals surface area contributed by atoms with E-state index in [1.54, 1.807) is 6.33 Å². The van der Waals surface area contributed by atoms with Crippen molar-refractivity contribution in [3.8, 4) is 0 Å². The molecule has 0 radical (unpaired) electrons. The number of para-hydroxylation sites is 2. The Morgan fingerprint density at radius 3 is 2.89 bits per heavy atom. The summed E-state index contributed by atoms with van der Waals surface area (Å²) in [6, 6.07) is 8.07. The maximum atomic E-state index is 4.56. The normalized spacial score (nSPS) is 11.1. The van der Waals surface area contributed by atoms with Crippen molar-refractivity contribution in [2.75, 3.05) is 5.32 Å². The molecule has 0 saturated heterocycles. The first-order valence-electron chi connectivity index (χ1n) is 6.31. The van der Waals surface area contributed by atoms with Gasteiger partial charge in [-0.05, 0) is 19.1 Å². The van der Waals surface area contributed by atoms with Crippen molar-refractivity contribution in [1.82, 2.24) is 24.3 Å². The van der Waals surface area contributed by atoms with Crippen LogP contribution in [-0.4, -0.2) is 24.3 Å². The van der Waals surface area contributed by atoms with Gasteiger partial charge in [-0.25, -0.2) is 4.98 Å². The zero-order chi connectivity index (χ0) is 13.2. The van der Waals surface area contributed by atoms with Crippen molar-refractivity contribution < 1.29 is 0 Å². The molecule has 3 aromatic rings. The van der Waals surface area contributed by atoms with Crippen LogP contribution >= 0.6 is 0 Å². The highest BCUT2D eigenvalue weighted by Crippen LogP contribution is 2.17. The topological polar surface area (TPSA) is 60.6 Å². The molecule has 0 aliphatic carbocycles. The van der Waals surface area contributed by atoms with Crippen molar-refractivity contribution in [2.45, 2.75) is 20.0 Å². The minimum Gasteiger partial charge on any atom is -0.348 e. The first-order valence-corrected chi connectivity index (χ1v) is 6.31. The zero-order valence-corrected chi connectivity index (χ0v) is 11.0. The van der Waals surface area contributed by atoms with E-state index in [9.17, 15) is 0 Å². The van der Waals surface area contributed by atoms with E-state index in [2.05, 4.69) is 33.5 Å². The van der Waals surface area contributed by atoms with Gasteiger partial charge >= 0.3 is 0 Å². The molecule has 0 atom stereocenters. The fourth-order valence-corrected chi connectivity index (χ4v) is 2.14. The third-order valence-corrected chi connectivity index (χ3v) is 3.23. The Morgan fingerprint density at radius 2 is 2.11 bits per heavy atom. The minimum atomic E-state index is 0.616. The predicted octanol–water partition coefficient (Wildman–Crippen LogP) is 1.80. The molecule has 0 amide bonds. The van der Waals surface area contributed by atoms with E-state index in [0.29, 0.717) is 6.54 Å². The number of nitrogens with one attached hydrogen (secondary N) is 1. The van der Waals surface area contributed by atoms with Crippen LogP contribution in [0.25, 0.3) is 11.0 Å². The second-order valence-electron chi connectivity index (χ2n) is 4.37. The summed E-state index contributed by atoms with van der Waals surface area (Å²) in [7, 11) is 2.00. The molecule has 0 aliphatic heterocycles. The van der Waals surface area contributed by atoms with E-state index in [1.807, 2.05) is 34.4 Å². The van der Waals surface area contributed by atoms with Crippen LogP contribution < -0.4 is 5.32 Å². The molecule has 6 heteroatoms. The molecule has 19 heavy (non-hydrogen) atoms. The highest BCUT2D eigenvalue weighted by Gasteiger charge is 2.08. The van der Waals surface area contributed by atoms with E-state index in [-0.39, 0.29) is 0 Å². The van der Waals surface area contributed by atoms with Crippen LogP contribution in [0.4, 0.5) is 5.95 Å². The van der Waals surface area contributed by atoms with E-state index in [0.717, 1.165) is 29.4 Å². The third-order valence-electron chi connectivity index (χ3n) is 3.23. The molecular formula is C13H16N6. The van der Waals surface area contributed by atoms with Gasteiger partial charge in [0.15, 0.2) is 5.82 Å². The molecule has 0 bridgehead atoms. The molecule has 98 valence electrons. The lowest BCUT2D eigenvalue weighted by atomic mass is 10.3. The van der Waals surface area contributed by atoms with Gasteiger partial charge in [-0.1, -0.05) is 12.1 Å². The van der Waals surface area contributed by atoms with Crippen molar-refractivity contribution in [2.24, 2.45) is 7.05 Å². The number of benzene rings is 1. The van der Waals surface area contributed by atoms with E-state index in [1.165, 1.54) is 0 Å². The number of fused-ring (bicyclic) bond motifs is 1. The standard InChI is InChI=1S/C13H16N6/c1-3-19-9-15-17-12(19)8-14-13-16-10-6-4-5-7-11(10)18(13)2/h4-7,9H,3,8H2,1-2H3,(H,14,16). The Bertz CT molecular complexity index is 696. The van der Waals surface area contributed by atoms with Gasteiger partial charge < -0.3 is 14.5 Å². The van der Waals surface area contributed by atoms with Gasteiger partial charge in [0, 0.05) is 13.6 Å². The Kier molecular flexibility index (Phi) is 2.91. The highest BCUT2D eigenvalue weighted by molar-refractivity contribution is 5.78. The third kappa shape index (κ3) is 2.05. The summed E-state index contributed by atoms with van der Waals surface area (Å²) in [5, 5.41) is 11.3. The van der Waals surface area contributed by atoms with Gasteiger partial charge in [0.2, 0.25) is 5.95 Å². The fraction of sp³-hybridized carbons (Fsp3) is 0.308. The van der Waals surface area contributed by atoms with Gasteiger partial charge in [0.05, 0.1) is 17.6 Å². The van der Waals surface area contributed by atoms with Gasteiger partial charge in [0.25, 0.3) is 0 Å². The first kappa shape index (κ1) is 11.7. The molecule has 3 rings (SSSR count). The number of hydrogen-bond donors (Lipinski definition) is 1. The monoisotopic (exact) mass is 256 g/mol. The lowest BCUT2D eigenvalue weighted by molar-refractivity contribution is 0.705. The van der Waals surface area contributed by atoms with Gasteiger partial charge in [-0.2, -0.15) is 0 Å². The number of aromatic nitrogens is 5. The van der Waals surface area contributed by atoms with E-state index in [4.69, 9.17) is 0 Å². The van der Waals surface area contributed by atoms with Crippen LogP contribution in [0.15, 0.2) is 30.6 Å². The summed E-state index contributed by atoms with van der Waals surface area (Å²) < 4.78 is 4.05. The lowest BCUT2D eigenvalue weighted by Crippen LogP contribution is -2.10. The fourth-order valence-electron chi connectivity index (χ4n) is 2.14. The average Bonchev–Trinajstić information content (AvgIpc) is 3.01. The molecule has 0 unspecified atom stereocenters. The van der Waals surface area contributed by atoms with Crippen molar-refractivity contribution in [3.63, 3.8) is 0 Å². The van der Waals surface area contributed by atoms with Crippen molar-refractivity contribution in [1.29, 1.82) is 0 Å². The average molecular weight is 256 g/mol. The van der Waals surface area contributed by atoms with Crippen LogP contribution in [0.3, 0.4) is 0 Å². The molecular weight excluding hydrogens is 240 g/mol. The number of imidazole rings is 1. The summed E-state index contributed by atoms with van der Waals surface area (Å²) in [4.78, 5) is 4.56. The second kappa shape index (κ2) is 4.72. The summed E-state index contributed by atoms with van der Waals surface area (Å²) in [5.74, 6) is 1.75. The minimum absolute atomic E-state index is 0.616. The summed E-state index contributed by atoms with van der Waals surface area (Å²) in [6.45, 7) is 3.56. The Hall–Kier alpha value is -2.37. The number of nitrogens with zero attached hydrogens (tertiary/aromatic N) is 5. The van der Waals surface area contributed by atoms with Gasteiger partial charge in [0.1, 0.15) is 6.33 Å². The van der Waals surface area contributed by atoms with Crippen LogP contribution in [0, 0.1) is 0 Å². The molecule has 0 saturated carbocycles. The van der Waals surface area contributed by atoms with E-state index >= 15 is 0 Å². The maximum Gasteiger partial charge on any atom is 0.203 e. The molecule has 6 nitrogen and oxygen atoms in total. The van der Waals surface area contributed by atoms with Crippen molar-refractivity contribution in [3.05, 3.63) is 36.4 Å². The zero-order valence-electron chi connectivity index (χ0n) is 11.0. The second-order valence-corrected chi connectivity index (χ2v) is 4.37. The predicted molar refractivity (Wildman–Crippen MR) is 73.7 cm³/mol. The number of rotatable bonds is 4. The summed E-state index contributed by atoms with van der Waals surface area (Å²) in [5.41, 5.74) is 2.10. The highest BCUT2D eigenvalue weighted by atomic mass is 15.3. The number of hydrogen-bond acceptors (Lipinski definition) is 4.